The van der Waals surface area contributed by atoms with Gasteiger partial charge >= 0.3 is 0 Å². The molecule has 1 N–H and O–H groups in total. The number of rotatable bonds is 5. The molecule has 8 heteroatoms. The maximum atomic E-state index is 5.94. The highest BCUT2D eigenvalue weighted by atomic mass is 16.5. The van der Waals surface area contributed by atoms with Crippen LogP contribution < -0.4 is 10.1 Å². The van der Waals surface area contributed by atoms with E-state index in [0.717, 1.165) is 16.7 Å². The first-order valence-electron chi connectivity index (χ1n) is 9.05. The summed E-state index contributed by atoms with van der Waals surface area (Å²) in [6.45, 7) is 0. The van der Waals surface area contributed by atoms with Crippen LogP contribution in [-0.4, -0.2) is 29.3 Å². The van der Waals surface area contributed by atoms with Gasteiger partial charge in [0.15, 0.2) is 5.82 Å². The summed E-state index contributed by atoms with van der Waals surface area (Å²) in [5.41, 5.74) is 1.05. The van der Waals surface area contributed by atoms with Crippen molar-refractivity contribution in [1.82, 2.24) is 29.3 Å². The molecule has 29 heavy (non-hydrogen) atoms. The van der Waals surface area contributed by atoms with Crippen LogP contribution in [0, 0.1) is 0 Å². The standard InChI is InChI=1S/C21H17N7O/c1-27-12-9-18(26-27)24-21-23-11-7-20(25-21)29-16-5-6-17-15(14-16)8-13-28(17)19-4-2-3-10-22-19/h2-14H,1H3,(H,23,24,25,26). The van der Waals surface area contributed by atoms with Crippen LogP contribution in [0.3, 0.4) is 0 Å². The fourth-order valence-corrected chi connectivity index (χ4v) is 3.06. The van der Waals surface area contributed by atoms with Crippen LogP contribution in [0.15, 0.2) is 79.4 Å². The number of hydrogen-bond acceptors (Lipinski definition) is 6. The Morgan fingerprint density at radius 3 is 2.72 bits per heavy atom. The van der Waals surface area contributed by atoms with Gasteiger partial charge in [0, 0.05) is 49.4 Å². The Bertz CT molecular complexity index is 1280. The molecule has 4 aromatic heterocycles. The number of ether oxygens (including phenoxy) is 1. The molecule has 5 rings (SSSR count). The first kappa shape index (κ1) is 16.9. The third kappa shape index (κ3) is 3.51. The molecule has 8 nitrogen and oxygen atoms in total. The van der Waals surface area contributed by atoms with E-state index in [9.17, 15) is 0 Å². The van der Waals surface area contributed by atoms with Gasteiger partial charge in [-0.2, -0.15) is 10.1 Å². The SMILES string of the molecule is Cn1ccc(Nc2nccc(Oc3ccc4c(ccn4-c4ccccn4)c3)n2)n1. The number of aromatic nitrogens is 6. The lowest BCUT2D eigenvalue weighted by molar-refractivity contribution is 0.463. The van der Waals surface area contributed by atoms with Gasteiger partial charge in [-0.3, -0.25) is 4.68 Å². The van der Waals surface area contributed by atoms with E-state index in [0.29, 0.717) is 23.4 Å². The van der Waals surface area contributed by atoms with Crippen LogP contribution in [0.5, 0.6) is 11.6 Å². The maximum Gasteiger partial charge on any atom is 0.231 e. The van der Waals surface area contributed by atoms with Crippen LogP contribution in [-0.2, 0) is 7.05 Å². The second kappa shape index (κ2) is 7.08. The second-order valence-electron chi connectivity index (χ2n) is 6.41. The fourth-order valence-electron chi connectivity index (χ4n) is 3.06. The molecule has 142 valence electrons. The van der Waals surface area contributed by atoms with E-state index < -0.39 is 0 Å². The first-order chi connectivity index (χ1) is 14.2. The zero-order valence-electron chi connectivity index (χ0n) is 15.6. The maximum absolute atomic E-state index is 5.94. The molecular formula is C21H17N7O. The predicted molar refractivity (Wildman–Crippen MR) is 110 cm³/mol. The Balaban J connectivity index is 1.38. The normalized spacial score (nSPS) is 10.9. The molecule has 0 radical (unpaired) electrons. The molecule has 0 saturated carbocycles. The van der Waals surface area contributed by atoms with Gasteiger partial charge in [-0.25, -0.2) is 9.97 Å². The highest BCUT2D eigenvalue weighted by Crippen LogP contribution is 2.27. The van der Waals surface area contributed by atoms with E-state index in [1.54, 1.807) is 23.1 Å². The number of aryl methyl sites for hydroxylation is 1. The van der Waals surface area contributed by atoms with E-state index in [1.807, 2.05) is 72.5 Å². The van der Waals surface area contributed by atoms with Crippen LogP contribution in [0.2, 0.25) is 0 Å². The molecule has 0 atom stereocenters. The van der Waals surface area contributed by atoms with Crippen molar-refractivity contribution in [1.29, 1.82) is 0 Å². The Labute approximate surface area is 166 Å². The Hall–Kier alpha value is -4.20. The molecule has 0 bridgehead atoms. The Morgan fingerprint density at radius 1 is 0.931 bits per heavy atom. The van der Waals surface area contributed by atoms with Gasteiger partial charge < -0.3 is 14.6 Å². The number of fused-ring (bicyclic) bond motifs is 1. The van der Waals surface area contributed by atoms with Crippen LogP contribution in [0.1, 0.15) is 0 Å². The number of pyridine rings is 1. The Morgan fingerprint density at radius 2 is 1.90 bits per heavy atom. The number of nitrogens with zero attached hydrogens (tertiary/aromatic N) is 6. The lowest BCUT2D eigenvalue weighted by atomic mass is 10.2. The van der Waals surface area contributed by atoms with Crippen molar-refractivity contribution in [3.8, 4) is 17.4 Å². The summed E-state index contributed by atoms with van der Waals surface area (Å²) in [5.74, 6) is 3.10. The average molecular weight is 383 g/mol. The first-order valence-corrected chi connectivity index (χ1v) is 9.05. The smallest absolute Gasteiger partial charge is 0.231 e. The molecule has 4 heterocycles. The summed E-state index contributed by atoms with van der Waals surface area (Å²) in [4.78, 5) is 13.0. The summed E-state index contributed by atoms with van der Waals surface area (Å²) >= 11 is 0. The zero-order valence-corrected chi connectivity index (χ0v) is 15.6. The predicted octanol–water partition coefficient (Wildman–Crippen LogP) is 4.08. The average Bonchev–Trinajstić information content (AvgIpc) is 3.34. The number of nitrogens with one attached hydrogen (secondary N) is 1. The molecule has 1 aromatic carbocycles. The van der Waals surface area contributed by atoms with Gasteiger partial charge in [0.05, 0.1) is 5.52 Å². The van der Waals surface area contributed by atoms with Gasteiger partial charge in [-0.05, 0) is 36.4 Å². The van der Waals surface area contributed by atoms with Gasteiger partial charge in [-0.1, -0.05) is 6.07 Å². The van der Waals surface area contributed by atoms with E-state index >= 15 is 0 Å². The fraction of sp³-hybridized carbons (Fsp3) is 0.0476. The van der Waals surface area contributed by atoms with Gasteiger partial charge in [-0.15, -0.1) is 0 Å². The minimum atomic E-state index is 0.420. The van der Waals surface area contributed by atoms with Gasteiger partial charge in [0.25, 0.3) is 0 Å². The minimum absolute atomic E-state index is 0.420. The molecule has 0 aliphatic rings. The van der Waals surface area contributed by atoms with Crippen molar-refractivity contribution >= 4 is 22.7 Å². The molecule has 0 aliphatic carbocycles. The van der Waals surface area contributed by atoms with Gasteiger partial charge in [0.1, 0.15) is 11.6 Å². The summed E-state index contributed by atoms with van der Waals surface area (Å²) in [6, 6.07) is 17.3. The van der Waals surface area contributed by atoms with Crippen LogP contribution in [0.4, 0.5) is 11.8 Å². The third-order valence-corrected chi connectivity index (χ3v) is 4.36. The molecule has 0 amide bonds. The van der Waals surface area contributed by atoms with Crippen LogP contribution >= 0.6 is 0 Å². The van der Waals surface area contributed by atoms with Crippen molar-refractivity contribution in [3.63, 3.8) is 0 Å². The Kier molecular flexibility index (Phi) is 4.14. The van der Waals surface area contributed by atoms with Crippen molar-refractivity contribution < 1.29 is 4.74 Å². The molecule has 5 aromatic rings. The van der Waals surface area contributed by atoms with Crippen molar-refractivity contribution in [3.05, 3.63) is 79.4 Å². The van der Waals surface area contributed by atoms with Crippen molar-refractivity contribution in [2.24, 2.45) is 7.05 Å². The summed E-state index contributed by atoms with van der Waals surface area (Å²) in [6.07, 6.45) is 7.26. The summed E-state index contributed by atoms with van der Waals surface area (Å²) in [5, 5.41) is 8.37. The lowest BCUT2D eigenvalue weighted by Crippen LogP contribution is -1.99. The van der Waals surface area contributed by atoms with E-state index in [2.05, 4.69) is 25.4 Å². The number of anilines is 2. The van der Waals surface area contributed by atoms with E-state index in [-0.39, 0.29) is 0 Å². The quantitative estimate of drug-likeness (QED) is 0.492. The molecule has 0 aliphatic heterocycles. The molecule has 0 spiro atoms. The summed E-state index contributed by atoms with van der Waals surface area (Å²) in [7, 11) is 1.85. The summed E-state index contributed by atoms with van der Waals surface area (Å²) < 4.78 is 9.69. The largest absolute Gasteiger partial charge is 0.439 e. The zero-order chi connectivity index (χ0) is 19.6. The number of hydrogen-bond donors (Lipinski definition) is 1. The molecular weight excluding hydrogens is 366 g/mol. The van der Waals surface area contributed by atoms with Crippen LogP contribution in [0.25, 0.3) is 16.7 Å². The highest BCUT2D eigenvalue weighted by Gasteiger charge is 2.08. The van der Waals surface area contributed by atoms with E-state index in [4.69, 9.17) is 4.74 Å². The monoisotopic (exact) mass is 383 g/mol. The minimum Gasteiger partial charge on any atom is -0.439 e. The molecule has 0 unspecified atom stereocenters. The number of benzene rings is 1. The molecule has 0 saturated heterocycles. The highest BCUT2D eigenvalue weighted by molar-refractivity contribution is 5.83. The second-order valence-corrected chi connectivity index (χ2v) is 6.41. The van der Waals surface area contributed by atoms with Crippen molar-refractivity contribution in [2.75, 3.05) is 5.32 Å². The third-order valence-electron chi connectivity index (χ3n) is 4.36. The van der Waals surface area contributed by atoms with Crippen molar-refractivity contribution in [2.45, 2.75) is 0 Å². The lowest BCUT2D eigenvalue weighted by Gasteiger charge is -2.08. The molecule has 0 fully saturated rings. The van der Waals surface area contributed by atoms with Gasteiger partial charge in [0.2, 0.25) is 11.8 Å². The topological polar surface area (TPSA) is 82.7 Å². The van der Waals surface area contributed by atoms with E-state index in [1.165, 1.54) is 0 Å².